The van der Waals surface area contributed by atoms with Gasteiger partial charge in [-0.3, -0.25) is 10.1 Å². The maximum atomic E-state index is 12.6. The van der Waals surface area contributed by atoms with Crippen LogP contribution < -0.4 is 15.4 Å². The number of nitrogens with one attached hydrogen (secondary N) is 2. The second-order valence-corrected chi connectivity index (χ2v) is 9.07. The van der Waals surface area contributed by atoms with Gasteiger partial charge in [0.15, 0.2) is 0 Å². The molecule has 2 aliphatic heterocycles. The summed E-state index contributed by atoms with van der Waals surface area (Å²) in [6, 6.07) is 5.23. The molecular formula is C21H30N2O5. The minimum Gasteiger partial charge on any atom is -0.487 e. The van der Waals surface area contributed by atoms with Crippen LogP contribution in [0.2, 0.25) is 0 Å². The maximum absolute atomic E-state index is 12.6. The molecule has 0 aliphatic carbocycles. The molecule has 154 valence electrons. The highest BCUT2D eigenvalue weighted by Crippen LogP contribution is 2.41. The van der Waals surface area contributed by atoms with Crippen molar-refractivity contribution in [1.29, 1.82) is 0 Å². The summed E-state index contributed by atoms with van der Waals surface area (Å²) in [7, 11) is 0. The van der Waals surface area contributed by atoms with Gasteiger partial charge in [-0.15, -0.1) is 0 Å². The van der Waals surface area contributed by atoms with Crippen LogP contribution in [0.3, 0.4) is 0 Å². The van der Waals surface area contributed by atoms with Crippen LogP contribution in [0.4, 0.5) is 10.5 Å². The van der Waals surface area contributed by atoms with Crippen LogP contribution in [0.5, 0.6) is 5.75 Å². The molecule has 0 radical (unpaired) electrons. The summed E-state index contributed by atoms with van der Waals surface area (Å²) in [6.45, 7) is 10.5. The third-order valence-corrected chi connectivity index (χ3v) is 4.73. The summed E-state index contributed by atoms with van der Waals surface area (Å²) in [5.41, 5.74) is 0.461. The van der Waals surface area contributed by atoms with Crippen LogP contribution in [0.1, 0.15) is 59.1 Å². The van der Waals surface area contributed by atoms with Crippen LogP contribution in [-0.2, 0) is 14.3 Å². The van der Waals surface area contributed by atoms with Crippen molar-refractivity contribution in [1.82, 2.24) is 5.32 Å². The smallest absolute Gasteiger partial charge is 0.412 e. The van der Waals surface area contributed by atoms with Crippen molar-refractivity contribution in [2.45, 2.75) is 64.7 Å². The van der Waals surface area contributed by atoms with Gasteiger partial charge in [-0.1, -0.05) is 0 Å². The van der Waals surface area contributed by atoms with E-state index < -0.39 is 17.3 Å². The molecular weight excluding hydrogens is 360 g/mol. The van der Waals surface area contributed by atoms with Crippen LogP contribution in [0, 0.1) is 5.92 Å². The Morgan fingerprint density at radius 1 is 1.25 bits per heavy atom. The summed E-state index contributed by atoms with van der Waals surface area (Å²) in [5, 5.41) is 5.90. The molecule has 0 bridgehead atoms. The highest BCUT2D eigenvalue weighted by Gasteiger charge is 2.36. The molecule has 0 aromatic heterocycles. The van der Waals surface area contributed by atoms with Crippen LogP contribution in [-0.4, -0.2) is 36.4 Å². The standard InChI is InChI=1S/C21H30N2O5/c1-20(2,3)28-19(25)22-14-6-7-17-15(10-14)16(11-21(4,5)27-17)23-18(24)13-8-9-26-12-13/h6-7,10,13,16H,8-9,11-12H2,1-5H3,(H,22,25)(H,23,24)/t13-,16+/m1/s1. The SMILES string of the molecule is CC(C)(C)OC(=O)Nc1ccc2c(c1)[C@@H](NC(=O)[C@@H]1CCOC1)CC(C)(C)O2. The predicted molar refractivity (Wildman–Crippen MR) is 105 cm³/mol. The number of benzene rings is 1. The van der Waals surface area contributed by atoms with Gasteiger partial charge in [0.2, 0.25) is 5.91 Å². The Hall–Kier alpha value is -2.28. The largest absolute Gasteiger partial charge is 0.487 e. The highest BCUT2D eigenvalue weighted by atomic mass is 16.6. The third kappa shape index (κ3) is 5.16. The molecule has 0 saturated carbocycles. The molecule has 1 fully saturated rings. The van der Waals surface area contributed by atoms with E-state index in [2.05, 4.69) is 10.6 Å². The van der Waals surface area contributed by atoms with Crippen molar-refractivity contribution in [2.24, 2.45) is 5.92 Å². The second-order valence-electron chi connectivity index (χ2n) is 9.07. The molecule has 28 heavy (non-hydrogen) atoms. The van der Waals surface area contributed by atoms with E-state index in [-0.39, 0.29) is 17.9 Å². The lowest BCUT2D eigenvalue weighted by molar-refractivity contribution is -0.126. The number of ether oxygens (including phenoxy) is 3. The van der Waals surface area contributed by atoms with Crippen LogP contribution in [0.25, 0.3) is 0 Å². The number of carbonyl (C=O) groups is 2. The first-order valence-corrected chi connectivity index (χ1v) is 9.73. The summed E-state index contributed by atoms with van der Waals surface area (Å²) in [4.78, 5) is 24.7. The Kier molecular flexibility index (Phi) is 5.57. The summed E-state index contributed by atoms with van der Waals surface area (Å²) < 4.78 is 16.7. The fourth-order valence-corrected chi connectivity index (χ4v) is 3.51. The van der Waals surface area contributed by atoms with Gasteiger partial charge in [-0.2, -0.15) is 0 Å². The highest BCUT2D eigenvalue weighted by molar-refractivity contribution is 5.85. The predicted octanol–water partition coefficient (Wildman–Crippen LogP) is 3.79. The van der Waals surface area contributed by atoms with E-state index in [1.165, 1.54) is 0 Å². The normalized spacial score (nSPS) is 23.3. The first kappa shape index (κ1) is 20.5. The van der Waals surface area contributed by atoms with Crippen molar-refractivity contribution in [3.05, 3.63) is 23.8 Å². The van der Waals surface area contributed by atoms with Gasteiger partial charge in [0.05, 0.1) is 18.6 Å². The second kappa shape index (κ2) is 7.62. The summed E-state index contributed by atoms with van der Waals surface area (Å²) >= 11 is 0. The van der Waals surface area contributed by atoms with Crippen LogP contribution >= 0.6 is 0 Å². The molecule has 1 aromatic carbocycles. The van der Waals surface area contributed by atoms with Crippen molar-refractivity contribution >= 4 is 17.7 Å². The molecule has 7 nitrogen and oxygen atoms in total. The Morgan fingerprint density at radius 3 is 2.64 bits per heavy atom. The van der Waals surface area contributed by atoms with E-state index in [9.17, 15) is 9.59 Å². The van der Waals surface area contributed by atoms with Crippen molar-refractivity contribution in [2.75, 3.05) is 18.5 Å². The van der Waals surface area contributed by atoms with Gasteiger partial charge in [-0.05, 0) is 59.2 Å². The lowest BCUT2D eigenvalue weighted by Crippen LogP contribution is -2.43. The minimum atomic E-state index is -0.578. The summed E-state index contributed by atoms with van der Waals surface area (Å²) in [6.07, 6.45) is 0.856. The van der Waals surface area contributed by atoms with E-state index in [1.54, 1.807) is 6.07 Å². The quantitative estimate of drug-likeness (QED) is 0.820. The van der Waals surface area contributed by atoms with E-state index >= 15 is 0 Å². The maximum Gasteiger partial charge on any atom is 0.412 e. The Balaban J connectivity index is 1.79. The number of carbonyl (C=O) groups excluding carboxylic acids is 2. The van der Waals surface area contributed by atoms with Gasteiger partial charge in [0.1, 0.15) is 17.0 Å². The van der Waals surface area contributed by atoms with Crippen molar-refractivity contribution < 1.29 is 23.8 Å². The number of hydrogen-bond donors (Lipinski definition) is 2. The fraction of sp³-hybridized carbons (Fsp3) is 0.619. The van der Waals surface area contributed by atoms with E-state index in [1.807, 2.05) is 46.8 Å². The Labute approximate surface area is 166 Å². The van der Waals surface area contributed by atoms with Crippen molar-refractivity contribution in [3.8, 4) is 5.75 Å². The zero-order valence-corrected chi connectivity index (χ0v) is 17.3. The first-order chi connectivity index (χ1) is 13.0. The van der Waals surface area contributed by atoms with Gasteiger partial charge in [0.25, 0.3) is 0 Å². The van der Waals surface area contributed by atoms with E-state index in [0.717, 1.165) is 12.0 Å². The fourth-order valence-electron chi connectivity index (χ4n) is 3.51. The van der Waals surface area contributed by atoms with Crippen LogP contribution in [0.15, 0.2) is 18.2 Å². The molecule has 2 heterocycles. The van der Waals surface area contributed by atoms with Gasteiger partial charge in [0, 0.05) is 24.3 Å². The van der Waals surface area contributed by atoms with Gasteiger partial charge < -0.3 is 19.5 Å². The molecule has 7 heteroatoms. The van der Waals surface area contributed by atoms with Gasteiger partial charge >= 0.3 is 6.09 Å². The minimum absolute atomic E-state index is 0.00310. The molecule has 2 atom stereocenters. The topological polar surface area (TPSA) is 85.9 Å². The average Bonchev–Trinajstić information content (AvgIpc) is 3.07. The number of rotatable bonds is 3. The van der Waals surface area contributed by atoms with E-state index in [0.29, 0.717) is 31.1 Å². The molecule has 1 aromatic rings. The number of fused-ring (bicyclic) bond motifs is 1. The van der Waals surface area contributed by atoms with E-state index in [4.69, 9.17) is 14.2 Å². The Morgan fingerprint density at radius 2 is 2.00 bits per heavy atom. The molecule has 3 rings (SSSR count). The first-order valence-electron chi connectivity index (χ1n) is 9.73. The molecule has 2 amide bonds. The zero-order valence-electron chi connectivity index (χ0n) is 17.3. The molecule has 0 spiro atoms. The number of hydrogen-bond acceptors (Lipinski definition) is 5. The Bertz CT molecular complexity index is 748. The zero-order chi connectivity index (χ0) is 20.5. The molecule has 0 unspecified atom stereocenters. The molecule has 1 saturated heterocycles. The lowest BCUT2D eigenvalue weighted by atomic mass is 9.89. The molecule has 2 N–H and O–H groups in total. The lowest BCUT2D eigenvalue weighted by Gasteiger charge is -2.38. The van der Waals surface area contributed by atoms with Crippen molar-refractivity contribution in [3.63, 3.8) is 0 Å². The number of amides is 2. The monoisotopic (exact) mass is 390 g/mol. The average molecular weight is 390 g/mol. The van der Waals surface area contributed by atoms with Gasteiger partial charge in [-0.25, -0.2) is 4.79 Å². The molecule has 2 aliphatic rings. The number of anilines is 1. The summed E-state index contributed by atoms with van der Waals surface area (Å²) in [5.74, 6) is 0.591. The third-order valence-electron chi connectivity index (χ3n) is 4.73.